The molecule has 0 radical (unpaired) electrons. The predicted octanol–water partition coefficient (Wildman–Crippen LogP) is 0.685. The highest BCUT2D eigenvalue weighted by Crippen LogP contribution is 2.29. The lowest BCUT2D eigenvalue weighted by Crippen LogP contribution is -2.32. The van der Waals surface area contributed by atoms with Gasteiger partial charge in [0, 0.05) is 25.4 Å². The predicted molar refractivity (Wildman–Crippen MR) is 91.9 cm³/mol. The van der Waals surface area contributed by atoms with Gasteiger partial charge in [-0.2, -0.15) is 0 Å². The summed E-state index contributed by atoms with van der Waals surface area (Å²) in [5.74, 6) is -0.313. The van der Waals surface area contributed by atoms with Crippen LogP contribution in [0.3, 0.4) is 0 Å². The van der Waals surface area contributed by atoms with E-state index in [0.29, 0.717) is 13.1 Å². The monoisotopic (exact) mass is 363 g/mol. The highest BCUT2D eigenvalue weighted by Gasteiger charge is 2.16. The highest BCUT2D eigenvalue weighted by molar-refractivity contribution is 7.90. The van der Waals surface area contributed by atoms with Crippen molar-refractivity contribution in [2.24, 2.45) is 0 Å². The number of anilines is 1. The highest BCUT2D eigenvalue weighted by atomic mass is 35.5. The summed E-state index contributed by atoms with van der Waals surface area (Å²) >= 11 is 5.95. The van der Waals surface area contributed by atoms with Gasteiger partial charge in [0.2, 0.25) is 0 Å². The van der Waals surface area contributed by atoms with Crippen molar-refractivity contribution in [1.82, 2.24) is 10.6 Å². The number of amides is 1. The average Bonchev–Trinajstić information content (AvgIpc) is 2.45. The number of sulfone groups is 1. The number of nitrogens with two attached hydrogens (primary N) is 1. The Hall–Kier alpha value is -1.51. The lowest BCUT2D eigenvalue weighted by molar-refractivity contribution is 0.0950. The molecule has 0 bridgehead atoms. The summed E-state index contributed by atoms with van der Waals surface area (Å²) in [7, 11) is -3.16. The van der Waals surface area contributed by atoms with Crippen LogP contribution in [0.2, 0.25) is 5.02 Å². The first kappa shape index (κ1) is 19.5. The Morgan fingerprint density at radius 1 is 1.35 bits per heavy atom. The number of nitrogens with one attached hydrogen (secondary N) is 2. The van der Waals surface area contributed by atoms with Crippen molar-refractivity contribution in [3.8, 4) is 5.75 Å². The van der Waals surface area contributed by atoms with Crippen LogP contribution >= 0.6 is 11.6 Å². The Bertz CT molecular complexity index is 650. The number of hydrogen-bond acceptors (Lipinski definition) is 6. The molecule has 0 aliphatic heterocycles. The van der Waals surface area contributed by atoms with Crippen molar-refractivity contribution >= 4 is 33.0 Å². The molecule has 7 nitrogen and oxygen atoms in total. The lowest BCUT2D eigenvalue weighted by Gasteiger charge is -2.13. The summed E-state index contributed by atoms with van der Waals surface area (Å²) in [5, 5.41) is 6.04. The SMILES string of the molecule is CCNCCNC(=O)c1cc(Cl)c(N)cc1OCCS(C)(=O)=O. The molecular formula is C14H22ClN3O4S. The topological polar surface area (TPSA) is 111 Å². The van der Waals surface area contributed by atoms with E-state index in [1.807, 2.05) is 6.92 Å². The van der Waals surface area contributed by atoms with Gasteiger partial charge in [0.15, 0.2) is 9.84 Å². The van der Waals surface area contributed by atoms with E-state index in [-0.39, 0.29) is 40.3 Å². The number of ether oxygens (including phenoxy) is 1. The van der Waals surface area contributed by atoms with Crippen molar-refractivity contribution < 1.29 is 17.9 Å². The fourth-order valence-electron chi connectivity index (χ4n) is 1.71. The smallest absolute Gasteiger partial charge is 0.255 e. The number of carbonyl (C=O) groups excluding carboxylic acids is 1. The van der Waals surface area contributed by atoms with Gasteiger partial charge in [-0.25, -0.2) is 8.42 Å². The fraction of sp³-hybridized carbons (Fsp3) is 0.500. The molecule has 0 aromatic heterocycles. The number of nitrogen functional groups attached to an aromatic ring is 1. The number of halogens is 1. The fourth-order valence-corrected chi connectivity index (χ4v) is 2.26. The second-order valence-corrected chi connectivity index (χ2v) is 7.62. The maximum Gasteiger partial charge on any atom is 0.255 e. The first-order chi connectivity index (χ1) is 10.7. The molecule has 1 aromatic carbocycles. The molecule has 1 aromatic rings. The van der Waals surface area contributed by atoms with Gasteiger partial charge in [0.05, 0.1) is 22.0 Å². The molecule has 0 saturated carbocycles. The van der Waals surface area contributed by atoms with E-state index in [4.69, 9.17) is 22.1 Å². The van der Waals surface area contributed by atoms with Gasteiger partial charge in [-0.1, -0.05) is 18.5 Å². The van der Waals surface area contributed by atoms with E-state index >= 15 is 0 Å². The average molecular weight is 364 g/mol. The van der Waals surface area contributed by atoms with Gasteiger partial charge in [-0.05, 0) is 12.6 Å². The number of hydrogen-bond donors (Lipinski definition) is 3. The summed E-state index contributed by atoms with van der Waals surface area (Å²) in [6, 6.07) is 2.83. The summed E-state index contributed by atoms with van der Waals surface area (Å²) in [6.45, 7) is 3.78. The molecule has 9 heteroatoms. The van der Waals surface area contributed by atoms with Gasteiger partial charge in [-0.15, -0.1) is 0 Å². The van der Waals surface area contributed by atoms with Crippen molar-refractivity contribution in [1.29, 1.82) is 0 Å². The minimum Gasteiger partial charge on any atom is -0.492 e. The van der Waals surface area contributed by atoms with Gasteiger partial charge in [-0.3, -0.25) is 4.79 Å². The maximum atomic E-state index is 12.2. The largest absolute Gasteiger partial charge is 0.492 e. The second kappa shape index (κ2) is 8.95. The minimum absolute atomic E-state index is 0.0718. The van der Waals surface area contributed by atoms with Crippen LogP contribution in [-0.2, 0) is 9.84 Å². The Labute approximate surface area is 141 Å². The molecule has 1 amide bonds. The number of benzene rings is 1. The van der Waals surface area contributed by atoms with E-state index in [2.05, 4.69) is 10.6 Å². The molecule has 23 heavy (non-hydrogen) atoms. The molecule has 0 fully saturated rings. The summed E-state index contributed by atoms with van der Waals surface area (Å²) in [5.41, 5.74) is 6.19. The molecule has 130 valence electrons. The molecule has 0 atom stereocenters. The number of likely N-dealkylation sites (N-methyl/N-ethyl adjacent to an activating group) is 1. The third-order valence-corrected chi connectivity index (χ3v) is 4.13. The van der Waals surface area contributed by atoms with E-state index in [1.54, 1.807) is 0 Å². The van der Waals surface area contributed by atoms with Crippen molar-refractivity contribution in [3.63, 3.8) is 0 Å². The summed E-state index contributed by atoms with van der Waals surface area (Å²) in [4.78, 5) is 12.2. The standard InChI is InChI=1S/C14H22ClN3O4S/c1-3-17-4-5-18-14(19)10-8-11(15)12(16)9-13(10)22-6-7-23(2,20)21/h8-9,17H,3-7,16H2,1-2H3,(H,18,19). The third kappa shape index (κ3) is 7.06. The van der Waals surface area contributed by atoms with E-state index in [9.17, 15) is 13.2 Å². The Kier molecular flexibility index (Phi) is 7.60. The van der Waals surface area contributed by atoms with Crippen LogP contribution in [0.15, 0.2) is 12.1 Å². The van der Waals surface area contributed by atoms with Crippen LogP contribution in [-0.4, -0.2) is 52.6 Å². The lowest BCUT2D eigenvalue weighted by atomic mass is 10.1. The maximum absolute atomic E-state index is 12.2. The molecule has 0 aliphatic rings. The zero-order chi connectivity index (χ0) is 17.5. The third-order valence-electron chi connectivity index (χ3n) is 2.89. The molecule has 0 unspecified atom stereocenters. The van der Waals surface area contributed by atoms with Gasteiger partial charge < -0.3 is 21.1 Å². The quantitative estimate of drug-likeness (QED) is 0.439. The van der Waals surface area contributed by atoms with Crippen LogP contribution in [0.25, 0.3) is 0 Å². The molecule has 1 rings (SSSR count). The van der Waals surface area contributed by atoms with Gasteiger partial charge >= 0.3 is 0 Å². The Morgan fingerprint density at radius 3 is 2.65 bits per heavy atom. The normalized spacial score (nSPS) is 11.3. The minimum atomic E-state index is -3.16. The molecular weight excluding hydrogens is 342 g/mol. The van der Waals surface area contributed by atoms with Crippen molar-refractivity contribution in [3.05, 3.63) is 22.7 Å². The van der Waals surface area contributed by atoms with Crippen LogP contribution < -0.4 is 21.1 Å². The van der Waals surface area contributed by atoms with Crippen molar-refractivity contribution in [2.75, 3.05) is 44.0 Å². The van der Waals surface area contributed by atoms with E-state index in [0.717, 1.165) is 12.8 Å². The molecule has 0 saturated heterocycles. The first-order valence-corrected chi connectivity index (χ1v) is 9.57. The Morgan fingerprint density at radius 2 is 2.04 bits per heavy atom. The van der Waals surface area contributed by atoms with Crippen LogP contribution in [0.1, 0.15) is 17.3 Å². The van der Waals surface area contributed by atoms with Gasteiger partial charge in [0.1, 0.15) is 12.4 Å². The van der Waals surface area contributed by atoms with Crippen LogP contribution in [0.5, 0.6) is 5.75 Å². The van der Waals surface area contributed by atoms with Crippen molar-refractivity contribution in [2.45, 2.75) is 6.92 Å². The van der Waals surface area contributed by atoms with Gasteiger partial charge in [0.25, 0.3) is 5.91 Å². The zero-order valence-electron chi connectivity index (χ0n) is 13.2. The van der Waals surface area contributed by atoms with E-state index in [1.165, 1.54) is 12.1 Å². The van der Waals surface area contributed by atoms with Crippen LogP contribution in [0.4, 0.5) is 5.69 Å². The molecule has 0 spiro atoms. The van der Waals surface area contributed by atoms with Crippen LogP contribution in [0, 0.1) is 0 Å². The molecule has 0 heterocycles. The zero-order valence-corrected chi connectivity index (χ0v) is 14.8. The second-order valence-electron chi connectivity index (χ2n) is 4.96. The molecule has 4 N–H and O–H groups in total. The summed E-state index contributed by atoms with van der Waals surface area (Å²) < 4.78 is 27.7. The van der Waals surface area contributed by atoms with E-state index < -0.39 is 9.84 Å². The first-order valence-electron chi connectivity index (χ1n) is 7.13. The molecule has 0 aliphatic carbocycles. The summed E-state index contributed by atoms with van der Waals surface area (Å²) in [6.07, 6.45) is 1.11. The Balaban J connectivity index is 2.83. The number of rotatable bonds is 9. The number of carbonyl (C=O) groups is 1.